The third kappa shape index (κ3) is 8.90. The molecule has 0 bridgehead atoms. The van der Waals surface area contributed by atoms with Gasteiger partial charge in [0.15, 0.2) is 0 Å². The van der Waals surface area contributed by atoms with Gasteiger partial charge in [-0.3, -0.25) is 0 Å². The lowest BCUT2D eigenvalue weighted by Crippen LogP contribution is -2.51. The topological polar surface area (TPSA) is 130 Å². The molecule has 2 amide bonds. The van der Waals surface area contributed by atoms with Gasteiger partial charge in [0.05, 0.1) is 11.1 Å². The van der Waals surface area contributed by atoms with E-state index in [1.54, 1.807) is 0 Å². The monoisotopic (exact) mass is 803 g/mol. The van der Waals surface area contributed by atoms with Crippen LogP contribution in [0.1, 0.15) is 92.9 Å². The van der Waals surface area contributed by atoms with Gasteiger partial charge in [0.25, 0.3) is 0 Å². The number of ether oxygens (including phenoxy) is 2. The van der Waals surface area contributed by atoms with E-state index in [1.165, 1.54) is 0 Å². The molecule has 0 atom stereocenters. The Morgan fingerprint density at radius 1 is 0.379 bits per heavy atom. The van der Waals surface area contributed by atoms with E-state index < -0.39 is 11.2 Å². The molecule has 0 saturated carbocycles. The van der Waals surface area contributed by atoms with Gasteiger partial charge in [-0.2, -0.15) is 19.9 Å². The molecule has 0 spiro atoms. The van der Waals surface area contributed by atoms with Crippen molar-refractivity contribution in [3.8, 4) is 11.1 Å². The summed E-state index contributed by atoms with van der Waals surface area (Å²) >= 11 is 0. The molecule has 0 unspecified atom stereocenters. The first-order valence-electron chi connectivity index (χ1n) is 22.1. The third-order valence-corrected chi connectivity index (χ3v) is 12.0. The number of hydrogen-bond donors (Lipinski definition) is 0. The number of anilines is 6. The van der Waals surface area contributed by atoms with Crippen molar-refractivity contribution >= 4 is 47.4 Å². The minimum Gasteiger partial charge on any atom is -0.444 e. The Hall–Kier alpha value is -4.50. The first-order valence-corrected chi connectivity index (χ1v) is 22.1. The second kappa shape index (κ2) is 16.6. The molecule has 6 aliphatic rings. The second-order valence-corrected chi connectivity index (χ2v) is 18.8. The summed E-state index contributed by atoms with van der Waals surface area (Å²) in [6.45, 7) is 23.5. The highest BCUT2D eigenvalue weighted by Gasteiger charge is 2.38. The van der Waals surface area contributed by atoms with Crippen molar-refractivity contribution in [2.24, 2.45) is 0 Å². The van der Waals surface area contributed by atoms with E-state index in [2.05, 4.69) is 29.4 Å². The molecule has 6 fully saturated rings. The quantitative estimate of drug-likeness (QED) is 0.352. The molecule has 0 aromatic carbocycles. The zero-order valence-corrected chi connectivity index (χ0v) is 36.0. The minimum absolute atomic E-state index is 0.277. The first kappa shape index (κ1) is 40.3. The highest BCUT2D eigenvalue weighted by molar-refractivity contribution is 5.98. The average molecular weight is 803 g/mol. The lowest BCUT2D eigenvalue weighted by molar-refractivity contribution is 0.0230. The Kier molecular flexibility index (Phi) is 11.6. The van der Waals surface area contributed by atoms with Crippen LogP contribution in [-0.2, 0) is 9.47 Å². The van der Waals surface area contributed by atoms with Gasteiger partial charge >= 0.3 is 12.2 Å². The van der Waals surface area contributed by atoms with Gasteiger partial charge in [-0.05, 0) is 92.9 Å². The smallest absolute Gasteiger partial charge is 0.410 e. The van der Waals surface area contributed by atoms with E-state index in [-0.39, 0.29) is 12.2 Å². The Labute approximate surface area is 344 Å². The largest absolute Gasteiger partial charge is 0.444 e. The summed E-state index contributed by atoms with van der Waals surface area (Å²) in [5.41, 5.74) is 0.835. The SMILES string of the molecule is CC(C)(C)OC(=O)N1CCN(c2nc(N3CCCC3)nc(N3CCCC3)c2-c2c(N3CCCC3)nc(N3CCCC3)nc2N2CCN(C(=O)OC(C)(C)C)CC2)CC1. The maximum absolute atomic E-state index is 13.3. The number of nitrogens with zero attached hydrogens (tertiary/aromatic N) is 12. The van der Waals surface area contributed by atoms with Crippen LogP contribution in [0.2, 0.25) is 0 Å². The van der Waals surface area contributed by atoms with E-state index in [0.29, 0.717) is 52.4 Å². The molecule has 0 radical (unpaired) electrons. The van der Waals surface area contributed by atoms with Crippen LogP contribution in [0.3, 0.4) is 0 Å². The predicted octanol–water partition coefficient (Wildman–Crippen LogP) is 5.45. The standard InChI is InChI=1S/C42H66N12O4/c1-41(2,3)57-39(55)53-27-23-49(24-28-53)35-31(33(47-15-7-8-16-47)43-37(45-35)51-19-11-12-20-51)32-34(48-17-9-10-18-48)44-38(52-21-13-14-22-52)46-36(32)50-25-29-54(30-26-50)40(56)58-42(4,5)6/h7-30H2,1-6H3. The number of hydrogen-bond acceptors (Lipinski definition) is 14. The fraction of sp³-hybridized carbons (Fsp3) is 0.762. The van der Waals surface area contributed by atoms with Gasteiger partial charge in [-0.25, -0.2) is 9.59 Å². The maximum Gasteiger partial charge on any atom is 0.410 e. The summed E-state index contributed by atoms with van der Waals surface area (Å²) in [6.07, 6.45) is 8.36. The van der Waals surface area contributed by atoms with E-state index in [1.807, 2.05) is 51.3 Å². The van der Waals surface area contributed by atoms with Crippen molar-refractivity contribution in [2.45, 2.75) is 104 Å². The molecule has 8 rings (SSSR count). The summed E-state index contributed by atoms with van der Waals surface area (Å²) < 4.78 is 11.6. The summed E-state index contributed by atoms with van der Waals surface area (Å²) in [6, 6.07) is 0. The van der Waals surface area contributed by atoms with Crippen LogP contribution in [0.5, 0.6) is 0 Å². The Morgan fingerprint density at radius 3 is 0.879 bits per heavy atom. The fourth-order valence-corrected chi connectivity index (χ4v) is 9.04. The molecule has 6 aliphatic heterocycles. The van der Waals surface area contributed by atoms with Gasteiger partial charge in [-0.15, -0.1) is 0 Å². The summed E-state index contributed by atoms with van der Waals surface area (Å²) in [5.74, 6) is 5.22. The van der Waals surface area contributed by atoms with Crippen molar-refractivity contribution in [3.05, 3.63) is 0 Å². The van der Waals surface area contributed by atoms with Crippen molar-refractivity contribution in [3.63, 3.8) is 0 Å². The number of rotatable bonds is 7. The van der Waals surface area contributed by atoms with E-state index in [0.717, 1.165) is 150 Å². The van der Waals surface area contributed by atoms with Gasteiger partial charge in [0.2, 0.25) is 11.9 Å². The first-order chi connectivity index (χ1) is 27.8. The Bertz CT molecular complexity index is 1640. The van der Waals surface area contributed by atoms with Crippen molar-refractivity contribution in [2.75, 3.05) is 134 Å². The Balaban J connectivity index is 1.28. The number of carbonyl (C=O) groups is 2. The number of piperazine rings is 2. The predicted molar refractivity (Wildman–Crippen MR) is 229 cm³/mol. The normalized spacial score (nSPS) is 20.9. The summed E-state index contributed by atoms with van der Waals surface area (Å²) in [7, 11) is 0. The molecule has 8 heterocycles. The molecule has 16 nitrogen and oxygen atoms in total. The molecular formula is C42H66N12O4. The van der Waals surface area contributed by atoms with Crippen LogP contribution in [-0.4, -0.2) is 158 Å². The van der Waals surface area contributed by atoms with Crippen LogP contribution >= 0.6 is 0 Å². The third-order valence-electron chi connectivity index (χ3n) is 12.0. The van der Waals surface area contributed by atoms with Gasteiger partial charge in [-0.1, -0.05) is 0 Å². The average Bonchev–Trinajstić information content (AvgIpc) is 4.05. The molecule has 2 aromatic heterocycles. The van der Waals surface area contributed by atoms with Crippen molar-refractivity contribution in [1.82, 2.24) is 29.7 Å². The minimum atomic E-state index is -0.564. The lowest BCUT2D eigenvalue weighted by Gasteiger charge is -2.40. The van der Waals surface area contributed by atoms with Crippen LogP contribution in [0, 0.1) is 0 Å². The number of carbonyl (C=O) groups excluding carboxylic acids is 2. The second-order valence-electron chi connectivity index (χ2n) is 18.8. The van der Waals surface area contributed by atoms with Crippen LogP contribution in [0.4, 0.5) is 44.8 Å². The molecular weight excluding hydrogens is 737 g/mol. The summed E-state index contributed by atoms with van der Waals surface area (Å²) in [5, 5.41) is 0. The van der Waals surface area contributed by atoms with Gasteiger partial charge in [0, 0.05) is 105 Å². The zero-order valence-electron chi connectivity index (χ0n) is 36.0. The molecule has 6 saturated heterocycles. The number of amides is 2. The highest BCUT2D eigenvalue weighted by atomic mass is 16.6. The van der Waals surface area contributed by atoms with E-state index in [4.69, 9.17) is 29.4 Å². The lowest BCUT2D eigenvalue weighted by atomic mass is 10.0. The van der Waals surface area contributed by atoms with Gasteiger partial charge in [0.1, 0.15) is 34.5 Å². The van der Waals surface area contributed by atoms with Crippen molar-refractivity contribution in [1.29, 1.82) is 0 Å². The molecule has 2 aromatic rings. The number of aromatic nitrogens is 4. The molecule has 0 aliphatic carbocycles. The summed E-state index contributed by atoms with van der Waals surface area (Å²) in [4.78, 5) is 66.7. The van der Waals surface area contributed by atoms with Crippen LogP contribution in [0.25, 0.3) is 11.1 Å². The van der Waals surface area contributed by atoms with Crippen molar-refractivity contribution < 1.29 is 19.1 Å². The van der Waals surface area contributed by atoms with Crippen LogP contribution < -0.4 is 29.4 Å². The fourth-order valence-electron chi connectivity index (χ4n) is 9.04. The van der Waals surface area contributed by atoms with Gasteiger partial charge < -0.3 is 48.7 Å². The van der Waals surface area contributed by atoms with E-state index >= 15 is 0 Å². The zero-order chi connectivity index (χ0) is 40.6. The molecule has 58 heavy (non-hydrogen) atoms. The van der Waals surface area contributed by atoms with Crippen LogP contribution in [0.15, 0.2) is 0 Å². The maximum atomic E-state index is 13.3. The molecule has 16 heteroatoms. The van der Waals surface area contributed by atoms with E-state index in [9.17, 15) is 9.59 Å². The molecule has 318 valence electrons. The molecule has 0 N–H and O–H groups in total. The highest BCUT2D eigenvalue weighted by Crippen LogP contribution is 2.49. The Morgan fingerprint density at radius 2 is 0.621 bits per heavy atom.